The average Bonchev–Trinajstić information content (AvgIpc) is 2.94. The summed E-state index contributed by atoms with van der Waals surface area (Å²) in [6.45, 7) is 0. The van der Waals surface area contributed by atoms with Crippen molar-refractivity contribution in [1.82, 2.24) is 0 Å². The van der Waals surface area contributed by atoms with Crippen LogP contribution in [0.5, 0.6) is 0 Å². The van der Waals surface area contributed by atoms with Crippen molar-refractivity contribution in [3.63, 3.8) is 0 Å². The van der Waals surface area contributed by atoms with Crippen LogP contribution in [-0.2, 0) is 0 Å². The Morgan fingerprint density at radius 3 is 2.86 bits per heavy atom. The lowest BCUT2D eigenvalue weighted by Gasteiger charge is -2.34. The predicted octanol–water partition coefficient (Wildman–Crippen LogP) is 6.05. The first-order valence-corrected chi connectivity index (χ1v) is 9.21. The van der Waals surface area contributed by atoms with Gasteiger partial charge in [-0.05, 0) is 59.9 Å². The second-order valence-electron chi connectivity index (χ2n) is 6.73. The number of allylic oxidation sites excluding steroid dienone is 1. The highest BCUT2D eigenvalue weighted by atomic mass is 32.2. The second-order valence-corrected chi connectivity index (χ2v) is 7.94. The standard InChI is InChI=1S/C20H20S/c1-3-7-15-13(5-1)10-12-18-19(15)17-11-9-14-6-2-4-8-16(14)20(17)21-18/h2,4,6,8-9,11,13,18H,1,3,5,7,10,12H2. The van der Waals surface area contributed by atoms with Gasteiger partial charge in [-0.2, -0.15) is 0 Å². The molecule has 5 rings (SSSR count). The summed E-state index contributed by atoms with van der Waals surface area (Å²) in [5.74, 6) is 0.906. The van der Waals surface area contributed by atoms with E-state index in [0.29, 0.717) is 0 Å². The molecule has 0 nitrogen and oxygen atoms in total. The van der Waals surface area contributed by atoms with Gasteiger partial charge in [-0.1, -0.05) is 48.4 Å². The topological polar surface area (TPSA) is 0 Å². The molecule has 0 saturated heterocycles. The maximum Gasteiger partial charge on any atom is 0.0351 e. The Morgan fingerprint density at radius 1 is 0.905 bits per heavy atom. The third-order valence-corrected chi connectivity index (χ3v) is 7.05. The summed E-state index contributed by atoms with van der Waals surface area (Å²) in [6.07, 6.45) is 8.49. The molecule has 2 atom stereocenters. The SMILES string of the molecule is c1ccc2c3c(ccc2c1)C1=C2CCCCC2CCC1S3. The molecular formula is C20H20S. The summed E-state index contributed by atoms with van der Waals surface area (Å²) in [5.41, 5.74) is 5.15. The van der Waals surface area contributed by atoms with Crippen LogP contribution in [0.3, 0.4) is 0 Å². The molecule has 0 amide bonds. The Balaban J connectivity index is 1.76. The first-order chi connectivity index (χ1) is 10.4. The summed E-state index contributed by atoms with van der Waals surface area (Å²) in [6, 6.07) is 13.6. The van der Waals surface area contributed by atoms with Crippen LogP contribution in [0.2, 0.25) is 0 Å². The third kappa shape index (κ3) is 1.76. The number of thioether (sulfide) groups is 1. The number of rotatable bonds is 0. The highest BCUT2D eigenvalue weighted by Crippen LogP contribution is 2.56. The van der Waals surface area contributed by atoms with Gasteiger partial charge in [0.2, 0.25) is 0 Å². The molecule has 0 N–H and O–H groups in total. The molecule has 0 spiro atoms. The Labute approximate surface area is 130 Å². The molecule has 1 saturated carbocycles. The van der Waals surface area contributed by atoms with E-state index in [1.54, 1.807) is 16.0 Å². The van der Waals surface area contributed by atoms with Gasteiger partial charge in [0.15, 0.2) is 0 Å². The van der Waals surface area contributed by atoms with E-state index >= 15 is 0 Å². The largest absolute Gasteiger partial charge is 0.117 e. The summed E-state index contributed by atoms with van der Waals surface area (Å²) >= 11 is 2.15. The van der Waals surface area contributed by atoms with Crippen LogP contribution >= 0.6 is 11.8 Å². The van der Waals surface area contributed by atoms with Crippen LogP contribution < -0.4 is 0 Å². The van der Waals surface area contributed by atoms with Crippen molar-refractivity contribution in [3.05, 3.63) is 47.5 Å². The molecule has 106 valence electrons. The molecule has 2 aromatic carbocycles. The van der Waals surface area contributed by atoms with Crippen LogP contribution in [0.25, 0.3) is 16.3 Å². The summed E-state index contributed by atoms with van der Waals surface area (Å²) in [7, 11) is 0. The van der Waals surface area contributed by atoms with E-state index in [4.69, 9.17) is 0 Å². The van der Waals surface area contributed by atoms with Crippen LogP contribution in [0, 0.1) is 5.92 Å². The second kappa shape index (κ2) is 4.64. The molecule has 21 heavy (non-hydrogen) atoms. The third-order valence-electron chi connectivity index (χ3n) is 5.62. The number of hydrogen-bond donors (Lipinski definition) is 0. The molecule has 2 aliphatic carbocycles. The number of fused-ring (bicyclic) bond motifs is 6. The molecule has 1 fully saturated rings. The van der Waals surface area contributed by atoms with E-state index in [9.17, 15) is 0 Å². The molecule has 0 aromatic heterocycles. The zero-order valence-corrected chi connectivity index (χ0v) is 13.1. The van der Waals surface area contributed by atoms with Crippen molar-refractivity contribution >= 4 is 28.1 Å². The monoisotopic (exact) mass is 292 g/mol. The molecular weight excluding hydrogens is 272 g/mol. The van der Waals surface area contributed by atoms with Gasteiger partial charge >= 0.3 is 0 Å². The number of hydrogen-bond acceptors (Lipinski definition) is 1. The van der Waals surface area contributed by atoms with E-state index in [1.807, 2.05) is 5.57 Å². The molecule has 2 unspecified atom stereocenters. The van der Waals surface area contributed by atoms with E-state index in [0.717, 1.165) is 11.2 Å². The minimum Gasteiger partial charge on any atom is -0.117 e. The van der Waals surface area contributed by atoms with Crippen LogP contribution in [0.15, 0.2) is 46.9 Å². The Morgan fingerprint density at radius 2 is 1.86 bits per heavy atom. The van der Waals surface area contributed by atoms with Crippen molar-refractivity contribution in [1.29, 1.82) is 0 Å². The normalized spacial score (nSPS) is 27.4. The Hall–Kier alpha value is -1.21. The lowest BCUT2D eigenvalue weighted by atomic mass is 9.73. The van der Waals surface area contributed by atoms with Gasteiger partial charge in [-0.3, -0.25) is 0 Å². The molecule has 1 heterocycles. The highest BCUT2D eigenvalue weighted by Gasteiger charge is 2.37. The fourth-order valence-corrected chi connectivity index (χ4v) is 6.20. The van der Waals surface area contributed by atoms with Crippen molar-refractivity contribution in [2.24, 2.45) is 5.92 Å². The van der Waals surface area contributed by atoms with Gasteiger partial charge in [0.25, 0.3) is 0 Å². The molecule has 3 aliphatic rings. The van der Waals surface area contributed by atoms with Gasteiger partial charge in [-0.15, -0.1) is 11.8 Å². The van der Waals surface area contributed by atoms with Gasteiger partial charge in [0, 0.05) is 10.1 Å². The highest BCUT2D eigenvalue weighted by molar-refractivity contribution is 8.01. The first-order valence-electron chi connectivity index (χ1n) is 8.33. The van der Waals surface area contributed by atoms with Crippen LogP contribution in [-0.4, -0.2) is 5.25 Å². The maximum atomic E-state index is 2.41. The van der Waals surface area contributed by atoms with Crippen LogP contribution in [0.1, 0.15) is 44.1 Å². The molecule has 0 radical (unpaired) electrons. The van der Waals surface area contributed by atoms with E-state index in [2.05, 4.69) is 48.2 Å². The number of benzene rings is 2. The lowest BCUT2D eigenvalue weighted by molar-refractivity contribution is 0.410. The fraction of sp³-hybridized carbons (Fsp3) is 0.400. The average molecular weight is 292 g/mol. The molecule has 1 heteroatoms. The Kier molecular flexibility index (Phi) is 2.73. The van der Waals surface area contributed by atoms with Gasteiger partial charge < -0.3 is 0 Å². The van der Waals surface area contributed by atoms with Crippen molar-refractivity contribution in [3.8, 4) is 0 Å². The quantitative estimate of drug-likeness (QED) is 0.569. The van der Waals surface area contributed by atoms with Crippen molar-refractivity contribution < 1.29 is 0 Å². The molecule has 0 bridgehead atoms. The zero-order valence-electron chi connectivity index (χ0n) is 12.3. The van der Waals surface area contributed by atoms with E-state index in [1.165, 1.54) is 49.3 Å². The van der Waals surface area contributed by atoms with Crippen molar-refractivity contribution in [2.75, 3.05) is 0 Å². The molecule has 1 aliphatic heterocycles. The summed E-state index contributed by atoms with van der Waals surface area (Å²) in [4.78, 5) is 1.56. The van der Waals surface area contributed by atoms with Crippen molar-refractivity contribution in [2.45, 2.75) is 48.7 Å². The Bertz CT molecular complexity index is 756. The first kappa shape index (κ1) is 12.3. The van der Waals surface area contributed by atoms with Gasteiger partial charge in [0.05, 0.1) is 0 Å². The van der Waals surface area contributed by atoms with Gasteiger partial charge in [0.1, 0.15) is 0 Å². The minimum atomic E-state index is 0.746. The fourth-order valence-electron chi connectivity index (χ4n) is 4.65. The summed E-state index contributed by atoms with van der Waals surface area (Å²) < 4.78 is 0. The zero-order chi connectivity index (χ0) is 13.8. The maximum absolute atomic E-state index is 2.41. The summed E-state index contributed by atoms with van der Waals surface area (Å²) in [5, 5.41) is 3.61. The van der Waals surface area contributed by atoms with Gasteiger partial charge in [-0.25, -0.2) is 0 Å². The minimum absolute atomic E-state index is 0.746. The predicted molar refractivity (Wildman–Crippen MR) is 91.7 cm³/mol. The van der Waals surface area contributed by atoms with E-state index in [-0.39, 0.29) is 0 Å². The molecule has 2 aromatic rings. The van der Waals surface area contributed by atoms with Crippen LogP contribution in [0.4, 0.5) is 0 Å². The smallest absolute Gasteiger partial charge is 0.0351 e. The van der Waals surface area contributed by atoms with E-state index < -0.39 is 0 Å². The lowest BCUT2D eigenvalue weighted by Crippen LogP contribution is -2.21.